The fourth-order valence-electron chi connectivity index (χ4n) is 2.96. The summed E-state index contributed by atoms with van der Waals surface area (Å²) in [4.78, 5) is 2.53. The molecule has 0 bridgehead atoms. The molecule has 1 fully saturated rings. The van der Waals surface area contributed by atoms with E-state index in [1.807, 2.05) is 12.1 Å². The zero-order valence-electron chi connectivity index (χ0n) is 11.4. The second-order valence-electron chi connectivity index (χ2n) is 5.38. The van der Waals surface area contributed by atoms with Gasteiger partial charge in [-0.15, -0.1) is 0 Å². The molecule has 0 spiro atoms. The van der Waals surface area contributed by atoms with Gasteiger partial charge in [-0.3, -0.25) is 0 Å². The van der Waals surface area contributed by atoms with E-state index in [9.17, 15) is 5.11 Å². The predicted molar refractivity (Wildman–Crippen MR) is 76.0 cm³/mol. The minimum atomic E-state index is 0.228. The molecule has 1 aromatic rings. The Labute approximate surface area is 110 Å². The molecule has 1 aliphatic heterocycles. The number of likely N-dealkylation sites (tertiary alicyclic amines) is 1. The van der Waals surface area contributed by atoms with Crippen molar-refractivity contribution in [3.8, 4) is 5.75 Å². The van der Waals surface area contributed by atoms with E-state index < -0.39 is 0 Å². The molecule has 18 heavy (non-hydrogen) atoms. The average Bonchev–Trinajstić information content (AvgIpc) is 2.35. The van der Waals surface area contributed by atoms with Crippen molar-refractivity contribution >= 4 is 5.69 Å². The van der Waals surface area contributed by atoms with Crippen LogP contribution in [0.4, 0.5) is 5.69 Å². The summed E-state index contributed by atoms with van der Waals surface area (Å²) in [5.41, 5.74) is 8.69. The Morgan fingerprint density at radius 1 is 1.33 bits per heavy atom. The number of anilines is 1. The molecule has 100 valence electrons. The molecule has 2 rings (SSSR count). The van der Waals surface area contributed by atoms with Crippen LogP contribution in [0.3, 0.4) is 0 Å². The van der Waals surface area contributed by atoms with Crippen molar-refractivity contribution in [2.45, 2.75) is 39.0 Å². The number of rotatable bonds is 3. The van der Waals surface area contributed by atoms with Gasteiger partial charge in [0.1, 0.15) is 5.75 Å². The maximum atomic E-state index is 9.76. The molecule has 0 aromatic heterocycles. The Morgan fingerprint density at radius 3 is 2.61 bits per heavy atom. The molecule has 3 heteroatoms. The lowest BCUT2D eigenvalue weighted by molar-refractivity contribution is 0.212. The van der Waals surface area contributed by atoms with Crippen LogP contribution in [0.1, 0.15) is 43.2 Å². The Morgan fingerprint density at radius 2 is 2.00 bits per heavy atom. The minimum absolute atomic E-state index is 0.228. The number of hydrogen-bond acceptors (Lipinski definition) is 3. The second-order valence-corrected chi connectivity index (χ2v) is 5.38. The number of nitrogen functional groups attached to an aromatic ring is 1. The number of aryl methyl sites for hydroxylation is 1. The zero-order chi connectivity index (χ0) is 13.1. The average molecular weight is 248 g/mol. The summed E-state index contributed by atoms with van der Waals surface area (Å²) in [6, 6.07) is 3.76. The van der Waals surface area contributed by atoms with Crippen molar-refractivity contribution in [2.24, 2.45) is 0 Å². The number of phenolic OH excluding ortho intramolecular Hbond substituents is 1. The van der Waals surface area contributed by atoms with Gasteiger partial charge in [0.25, 0.3) is 0 Å². The van der Waals surface area contributed by atoms with Crippen LogP contribution in [-0.4, -0.2) is 29.6 Å². The Kier molecular flexibility index (Phi) is 4.12. The number of benzene rings is 1. The monoisotopic (exact) mass is 248 g/mol. The van der Waals surface area contributed by atoms with E-state index in [-0.39, 0.29) is 5.75 Å². The van der Waals surface area contributed by atoms with Gasteiger partial charge in [-0.05, 0) is 75.0 Å². The summed E-state index contributed by atoms with van der Waals surface area (Å²) in [5.74, 6) is 0.802. The summed E-state index contributed by atoms with van der Waals surface area (Å²) < 4.78 is 0. The van der Waals surface area contributed by atoms with Crippen molar-refractivity contribution in [1.29, 1.82) is 0 Å². The van der Waals surface area contributed by atoms with E-state index in [0.717, 1.165) is 0 Å². The predicted octanol–water partition coefficient (Wildman–Crippen LogP) is 2.87. The summed E-state index contributed by atoms with van der Waals surface area (Å²) >= 11 is 0. The molecule has 1 saturated heterocycles. The van der Waals surface area contributed by atoms with Gasteiger partial charge in [0.2, 0.25) is 0 Å². The molecule has 3 nitrogen and oxygen atoms in total. The first-order valence-electron chi connectivity index (χ1n) is 6.93. The minimum Gasteiger partial charge on any atom is -0.506 e. The van der Waals surface area contributed by atoms with Crippen LogP contribution in [0.2, 0.25) is 0 Å². The van der Waals surface area contributed by atoms with Gasteiger partial charge < -0.3 is 15.7 Å². The first kappa shape index (κ1) is 13.2. The van der Waals surface area contributed by atoms with Crippen LogP contribution < -0.4 is 5.73 Å². The van der Waals surface area contributed by atoms with Crippen molar-refractivity contribution < 1.29 is 5.11 Å². The molecule has 0 atom stereocenters. The van der Waals surface area contributed by atoms with Crippen molar-refractivity contribution in [3.63, 3.8) is 0 Å². The number of hydrogen-bond donors (Lipinski definition) is 2. The fourth-order valence-corrected chi connectivity index (χ4v) is 2.96. The topological polar surface area (TPSA) is 49.5 Å². The highest BCUT2D eigenvalue weighted by Gasteiger charge is 2.22. The van der Waals surface area contributed by atoms with Crippen molar-refractivity contribution in [1.82, 2.24) is 4.90 Å². The molecule has 1 aromatic carbocycles. The van der Waals surface area contributed by atoms with Gasteiger partial charge in [-0.25, -0.2) is 0 Å². The highest BCUT2D eigenvalue weighted by molar-refractivity contribution is 5.56. The van der Waals surface area contributed by atoms with E-state index in [2.05, 4.69) is 18.7 Å². The van der Waals surface area contributed by atoms with Crippen LogP contribution in [0.5, 0.6) is 5.75 Å². The highest BCUT2D eigenvalue weighted by Crippen LogP contribution is 2.34. The lowest BCUT2D eigenvalue weighted by atomic mass is 9.86. The summed E-state index contributed by atoms with van der Waals surface area (Å²) in [6.45, 7) is 7.86. The second kappa shape index (κ2) is 5.61. The third kappa shape index (κ3) is 2.78. The molecule has 1 heterocycles. The maximum absolute atomic E-state index is 9.76. The number of nitrogens with zero attached hydrogens (tertiary/aromatic N) is 1. The zero-order valence-corrected chi connectivity index (χ0v) is 11.4. The van der Waals surface area contributed by atoms with Gasteiger partial charge in [0.15, 0.2) is 0 Å². The van der Waals surface area contributed by atoms with Crippen molar-refractivity contribution in [3.05, 3.63) is 23.3 Å². The molecule has 3 N–H and O–H groups in total. The van der Waals surface area contributed by atoms with Gasteiger partial charge in [0.05, 0.1) is 5.69 Å². The Balaban J connectivity index is 2.07. The first-order valence-corrected chi connectivity index (χ1v) is 6.93. The molecule has 0 aliphatic carbocycles. The van der Waals surface area contributed by atoms with Gasteiger partial charge in [0, 0.05) is 0 Å². The SMILES string of the molecule is CCCN1CCC(c2cc(O)c(N)cc2C)CC1. The molecule has 0 saturated carbocycles. The molecular formula is C15H24N2O. The largest absolute Gasteiger partial charge is 0.506 e. The number of piperidine rings is 1. The third-order valence-corrected chi connectivity index (χ3v) is 3.98. The Bertz CT molecular complexity index is 409. The van der Waals surface area contributed by atoms with E-state index in [1.54, 1.807) is 0 Å². The van der Waals surface area contributed by atoms with E-state index in [4.69, 9.17) is 5.73 Å². The van der Waals surface area contributed by atoms with Gasteiger partial charge in [-0.2, -0.15) is 0 Å². The van der Waals surface area contributed by atoms with Crippen LogP contribution in [-0.2, 0) is 0 Å². The first-order chi connectivity index (χ1) is 8.61. The van der Waals surface area contributed by atoms with Crippen LogP contribution >= 0.6 is 0 Å². The quantitative estimate of drug-likeness (QED) is 0.639. The third-order valence-electron chi connectivity index (χ3n) is 3.98. The maximum Gasteiger partial charge on any atom is 0.138 e. The van der Waals surface area contributed by atoms with E-state index in [0.29, 0.717) is 11.6 Å². The molecule has 0 radical (unpaired) electrons. The van der Waals surface area contributed by atoms with Crippen LogP contribution in [0.15, 0.2) is 12.1 Å². The normalized spacial score (nSPS) is 18.1. The summed E-state index contributed by atoms with van der Waals surface area (Å²) in [5, 5.41) is 9.76. The van der Waals surface area contributed by atoms with Gasteiger partial charge >= 0.3 is 0 Å². The smallest absolute Gasteiger partial charge is 0.138 e. The standard InChI is InChI=1S/C15H24N2O/c1-3-6-17-7-4-12(5-8-17)13-10-15(18)14(16)9-11(13)2/h9-10,12,18H,3-8,16H2,1-2H3. The number of phenols is 1. The summed E-state index contributed by atoms with van der Waals surface area (Å²) in [7, 11) is 0. The summed E-state index contributed by atoms with van der Waals surface area (Å²) in [6.07, 6.45) is 3.60. The fraction of sp³-hybridized carbons (Fsp3) is 0.600. The molecule has 1 aliphatic rings. The lowest BCUT2D eigenvalue weighted by Gasteiger charge is -2.32. The van der Waals surface area contributed by atoms with Gasteiger partial charge in [-0.1, -0.05) is 6.92 Å². The van der Waals surface area contributed by atoms with Crippen molar-refractivity contribution in [2.75, 3.05) is 25.4 Å². The lowest BCUT2D eigenvalue weighted by Crippen LogP contribution is -2.33. The number of nitrogens with two attached hydrogens (primary N) is 1. The Hall–Kier alpha value is -1.22. The van der Waals surface area contributed by atoms with E-state index >= 15 is 0 Å². The molecule has 0 amide bonds. The number of aromatic hydroxyl groups is 1. The molecule has 0 unspecified atom stereocenters. The van der Waals surface area contributed by atoms with Crippen LogP contribution in [0.25, 0.3) is 0 Å². The highest BCUT2D eigenvalue weighted by atomic mass is 16.3. The molecular weight excluding hydrogens is 224 g/mol. The van der Waals surface area contributed by atoms with E-state index in [1.165, 1.54) is 50.0 Å². The van der Waals surface area contributed by atoms with Crippen LogP contribution in [0, 0.1) is 6.92 Å².